The zero-order chi connectivity index (χ0) is 14.5. The standard InChI is InChI=1S/C16H22FNO2/c1-12-11-13(5-6-15(12)17)3-2-4-16(20)18-9-7-14(19)8-10-18/h5-6,11,14,19H,2-4,7-10H2,1H3. The van der Waals surface area contributed by atoms with Crippen molar-refractivity contribution in [1.82, 2.24) is 4.90 Å². The van der Waals surface area contributed by atoms with Crippen LogP contribution in [0.25, 0.3) is 0 Å². The molecule has 1 saturated heterocycles. The maximum Gasteiger partial charge on any atom is 0.222 e. The number of amides is 1. The van der Waals surface area contributed by atoms with Crippen LogP contribution in [0.5, 0.6) is 0 Å². The van der Waals surface area contributed by atoms with Gasteiger partial charge >= 0.3 is 0 Å². The summed E-state index contributed by atoms with van der Waals surface area (Å²) >= 11 is 0. The molecule has 110 valence electrons. The van der Waals surface area contributed by atoms with Gasteiger partial charge in [0.15, 0.2) is 0 Å². The molecule has 1 aromatic carbocycles. The molecule has 0 atom stereocenters. The van der Waals surface area contributed by atoms with Gasteiger partial charge in [-0.15, -0.1) is 0 Å². The predicted octanol–water partition coefficient (Wildman–Crippen LogP) is 2.44. The first kappa shape index (κ1) is 15.0. The first-order chi connectivity index (χ1) is 9.56. The third kappa shape index (κ3) is 4.04. The third-order valence-corrected chi connectivity index (χ3v) is 3.90. The normalized spacial score (nSPS) is 16.4. The third-order valence-electron chi connectivity index (χ3n) is 3.90. The van der Waals surface area contributed by atoms with Gasteiger partial charge in [-0.3, -0.25) is 4.79 Å². The van der Waals surface area contributed by atoms with Crippen molar-refractivity contribution >= 4 is 5.91 Å². The Morgan fingerprint density at radius 2 is 2.10 bits per heavy atom. The molecular formula is C16H22FNO2. The number of rotatable bonds is 4. The Bertz CT molecular complexity index is 468. The Morgan fingerprint density at radius 1 is 1.40 bits per heavy atom. The molecule has 20 heavy (non-hydrogen) atoms. The largest absolute Gasteiger partial charge is 0.393 e. The van der Waals surface area contributed by atoms with Crippen LogP contribution in [0.3, 0.4) is 0 Å². The van der Waals surface area contributed by atoms with Gasteiger partial charge in [0.05, 0.1) is 6.10 Å². The lowest BCUT2D eigenvalue weighted by molar-refractivity contribution is -0.133. The molecule has 0 bridgehead atoms. The summed E-state index contributed by atoms with van der Waals surface area (Å²) < 4.78 is 13.1. The molecule has 4 heteroatoms. The van der Waals surface area contributed by atoms with Crippen molar-refractivity contribution in [3.05, 3.63) is 35.1 Å². The molecule has 1 N–H and O–H groups in total. The summed E-state index contributed by atoms with van der Waals surface area (Å²) in [6.07, 6.45) is 3.21. The first-order valence-electron chi connectivity index (χ1n) is 7.27. The van der Waals surface area contributed by atoms with Crippen LogP contribution >= 0.6 is 0 Å². The van der Waals surface area contributed by atoms with Crippen LogP contribution in [0, 0.1) is 12.7 Å². The molecule has 0 unspecified atom stereocenters. The van der Waals surface area contributed by atoms with Crippen molar-refractivity contribution in [2.45, 2.75) is 45.1 Å². The van der Waals surface area contributed by atoms with Gasteiger partial charge < -0.3 is 10.0 Å². The summed E-state index contributed by atoms with van der Waals surface area (Å²) in [7, 11) is 0. The summed E-state index contributed by atoms with van der Waals surface area (Å²) in [5.74, 6) is -0.0209. The van der Waals surface area contributed by atoms with Crippen LogP contribution in [0.4, 0.5) is 4.39 Å². The van der Waals surface area contributed by atoms with Gasteiger partial charge in [-0.1, -0.05) is 12.1 Å². The van der Waals surface area contributed by atoms with Crippen molar-refractivity contribution in [2.75, 3.05) is 13.1 Å². The van der Waals surface area contributed by atoms with Gasteiger partial charge in [-0.05, 0) is 49.8 Å². The molecular weight excluding hydrogens is 257 g/mol. The number of hydrogen-bond donors (Lipinski definition) is 1. The van der Waals surface area contributed by atoms with Gasteiger partial charge in [-0.2, -0.15) is 0 Å². The summed E-state index contributed by atoms with van der Waals surface area (Å²) in [6.45, 7) is 3.08. The van der Waals surface area contributed by atoms with E-state index in [-0.39, 0.29) is 17.8 Å². The van der Waals surface area contributed by atoms with Crippen LogP contribution in [-0.2, 0) is 11.2 Å². The molecule has 1 aromatic rings. The second-order valence-corrected chi connectivity index (χ2v) is 5.55. The summed E-state index contributed by atoms with van der Waals surface area (Å²) in [6, 6.07) is 5.11. The highest BCUT2D eigenvalue weighted by atomic mass is 19.1. The highest BCUT2D eigenvalue weighted by Crippen LogP contribution is 2.14. The summed E-state index contributed by atoms with van der Waals surface area (Å²) in [5.41, 5.74) is 1.73. The lowest BCUT2D eigenvalue weighted by Gasteiger charge is -2.29. The van der Waals surface area contributed by atoms with E-state index in [0.29, 0.717) is 37.9 Å². The van der Waals surface area contributed by atoms with Gasteiger partial charge in [-0.25, -0.2) is 4.39 Å². The summed E-state index contributed by atoms with van der Waals surface area (Å²) in [5, 5.41) is 9.41. The maximum atomic E-state index is 13.1. The van der Waals surface area contributed by atoms with E-state index in [1.165, 1.54) is 6.07 Å². The fraction of sp³-hybridized carbons (Fsp3) is 0.562. The molecule has 0 aliphatic carbocycles. The Morgan fingerprint density at radius 3 is 2.75 bits per heavy atom. The molecule has 0 aromatic heterocycles. The number of halogens is 1. The molecule has 1 aliphatic heterocycles. The molecule has 0 spiro atoms. The topological polar surface area (TPSA) is 40.5 Å². The van der Waals surface area contributed by atoms with Crippen LogP contribution in [0.2, 0.25) is 0 Å². The fourth-order valence-electron chi connectivity index (χ4n) is 2.58. The molecule has 1 fully saturated rings. The Labute approximate surface area is 119 Å². The molecule has 0 radical (unpaired) electrons. The molecule has 0 saturated carbocycles. The number of hydrogen-bond acceptors (Lipinski definition) is 2. The minimum atomic E-state index is -0.249. The van der Waals surface area contributed by atoms with Crippen molar-refractivity contribution < 1.29 is 14.3 Å². The van der Waals surface area contributed by atoms with Crippen molar-refractivity contribution in [2.24, 2.45) is 0 Å². The van der Waals surface area contributed by atoms with E-state index in [4.69, 9.17) is 0 Å². The van der Waals surface area contributed by atoms with Gasteiger partial charge in [0, 0.05) is 19.5 Å². The van der Waals surface area contributed by atoms with Gasteiger partial charge in [0.1, 0.15) is 5.82 Å². The Hall–Kier alpha value is -1.42. The lowest BCUT2D eigenvalue weighted by atomic mass is 10.0. The molecule has 1 amide bonds. The monoisotopic (exact) mass is 279 g/mol. The number of carbonyl (C=O) groups is 1. The van der Waals surface area contributed by atoms with Crippen molar-refractivity contribution in [1.29, 1.82) is 0 Å². The minimum absolute atomic E-state index is 0.163. The van der Waals surface area contributed by atoms with Crippen LogP contribution in [0.1, 0.15) is 36.8 Å². The van der Waals surface area contributed by atoms with Crippen LogP contribution < -0.4 is 0 Å². The Kier molecular flexibility index (Phi) is 5.12. The van der Waals surface area contributed by atoms with E-state index in [1.54, 1.807) is 13.0 Å². The van der Waals surface area contributed by atoms with Crippen LogP contribution in [0.15, 0.2) is 18.2 Å². The van der Waals surface area contributed by atoms with Gasteiger partial charge in [0.2, 0.25) is 5.91 Å². The zero-order valence-electron chi connectivity index (χ0n) is 11.9. The van der Waals surface area contributed by atoms with E-state index in [0.717, 1.165) is 18.4 Å². The average molecular weight is 279 g/mol. The minimum Gasteiger partial charge on any atom is -0.393 e. The Balaban J connectivity index is 1.75. The number of carbonyl (C=O) groups excluding carboxylic acids is 1. The number of aliphatic hydroxyl groups is 1. The molecule has 2 rings (SSSR count). The van der Waals surface area contributed by atoms with E-state index in [2.05, 4.69) is 0 Å². The number of piperidine rings is 1. The lowest BCUT2D eigenvalue weighted by Crippen LogP contribution is -2.39. The zero-order valence-corrected chi connectivity index (χ0v) is 11.9. The van der Waals surface area contributed by atoms with E-state index in [1.807, 2.05) is 11.0 Å². The van der Waals surface area contributed by atoms with Crippen molar-refractivity contribution in [3.63, 3.8) is 0 Å². The summed E-state index contributed by atoms with van der Waals surface area (Å²) in [4.78, 5) is 13.8. The number of benzene rings is 1. The van der Waals surface area contributed by atoms with Crippen molar-refractivity contribution in [3.8, 4) is 0 Å². The number of aliphatic hydroxyl groups excluding tert-OH is 1. The highest BCUT2D eigenvalue weighted by molar-refractivity contribution is 5.76. The number of aryl methyl sites for hydroxylation is 2. The van der Waals surface area contributed by atoms with E-state index < -0.39 is 0 Å². The first-order valence-corrected chi connectivity index (χ1v) is 7.27. The number of likely N-dealkylation sites (tertiary alicyclic amines) is 1. The average Bonchev–Trinajstić information content (AvgIpc) is 2.43. The smallest absolute Gasteiger partial charge is 0.222 e. The number of nitrogens with zero attached hydrogens (tertiary/aromatic N) is 1. The molecule has 3 nitrogen and oxygen atoms in total. The SMILES string of the molecule is Cc1cc(CCCC(=O)N2CCC(O)CC2)ccc1F. The predicted molar refractivity (Wildman–Crippen MR) is 75.9 cm³/mol. The fourth-order valence-corrected chi connectivity index (χ4v) is 2.58. The van der Waals surface area contributed by atoms with Gasteiger partial charge in [0.25, 0.3) is 0 Å². The second kappa shape index (κ2) is 6.84. The van der Waals surface area contributed by atoms with E-state index in [9.17, 15) is 14.3 Å². The van der Waals surface area contributed by atoms with Crippen LogP contribution in [-0.4, -0.2) is 35.1 Å². The quantitative estimate of drug-likeness (QED) is 0.919. The van der Waals surface area contributed by atoms with E-state index >= 15 is 0 Å². The molecule has 1 aliphatic rings. The highest BCUT2D eigenvalue weighted by Gasteiger charge is 2.20. The maximum absolute atomic E-state index is 13.1. The molecule has 1 heterocycles. The second-order valence-electron chi connectivity index (χ2n) is 5.55.